The highest BCUT2D eigenvalue weighted by molar-refractivity contribution is 5.92. The molecular weight excluding hydrogens is 378 g/mol. The van der Waals surface area contributed by atoms with E-state index in [0.717, 1.165) is 62.7 Å². The van der Waals surface area contributed by atoms with Crippen LogP contribution in [0.25, 0.3) is 0 Å². The molecule has 5 rings (SSSR count). The third kappa shape index (κ3) is 4.62. The highest BCUT2D eigenvalue weighted by Gasteiger charge is 2.41. The van der Waals surface area contributed by atoms with Gasteiger partial charge in [0.15, 0.2) is 5.69 Å². The summed E-state index contributed by atoms with van der Waals surface area (Å²) in [6, 6.07) is 4.23. The van der Waals surface area contributed by atoms with Crippen LogP contribution >= 0.6 is 0 Å². The molecule has 7 heteroatoms. The van der Waals surface area contributed by atoms with Crippen molar-refractivity contribution in [2.45, 2.75) is 51.0 Å². The first-order chi connectivity index (χ1) is 14.7. The fourth-order valence-corrected chi connectivity index (χ4v) is 5.95. The third-order valence-electron chi connectivity index (χ3n) is 7.56. The number of carbonyl (C=O) groups is 1. The molecule has 0 radical (unpaired) electrons. The van der Waals surface area contributed by atoms with Gasteiger partial charge in [-0.2, -0.15) is 0 Å². The van der Waals surface area contributed by atoms with Gasteiger partial charge in [-0.1, -0.05) is 0 Å². The molecule has 3 saturated heterocycles. The fourth-order valence-electron chi connectivity index (χ4n) is 5.95. The van der Waals surface area contributed by atoms with Gasteiger partial charge in [-0.15, -0.1) is 10.2 Å². The van der Waals surface area contributed by atoms with E-state index in [1.165, 1.54) is 51.7 Å². The number of hydrogen-bond acceptors (Lipinski definition) is 6. The summed E-state index contributed by atoms with van der Waals surface area (Å²) in [6.07, 6.45) is 8.28. The lowest BCUT2D eigenvalue weighted by atomic mass is 10.00. The van der Waals surface area contributed by atoms with Crippen molar-refractivity contribution in [1.29, 1.82) is 0 Å². The molecule has 7 nitrogen and oxygen atoms in total. The number of piperidine rings is 1. The summed E-state index contributed by atoms with van der Waals surface area (Å²) >= 11 is 0. The topological polar surface area (TPSA) is 70.6 Å². The number of nitrogens with one attached hydrogen (secondary N) is 1. The van der Waals surface area contributed by atoms with Gasteiger partial charge in [-0.3, -0.25) is 4.79 Å². The molecule has 4 fully saturated rings. The maximum absolute atomic E-state index is 12.6. The summed E-state index contributed by atoms with van der Waals surface area (Å²) in [6.45, 7) is 7.33. The summed E-state index contributed by atoms with van der Waals surface area (Å²) in [5.41, 5.74) is 0.467. The molecular formula is C23H35N5O2. The molecule has 3 aliphatic heterocycles. The number of rotatable bonds is 5. The molecule has 1 aromatic heterocycles. The van der Waals surface area contributed by atoms with Gasteiger partial charge in [0, 0.05) is 52.0 Å². The Labute approximate surface area is 179 Å². The number of nitrogens with zero attached hydrogens (tertiary/aromatic N) is 4. The first-order valence-corrected chi connectivity index (χ1v) is 11.9. The molecule has 0 spiro atoms. The maximum atomic E-state index is 12.6. The maximum Gasteiger partial charge on any atom is 0.274 e. The minimum atomic E-state index is 0.0220. The zero-order chi connectivity index (χ0) is 20.3. The number of ether oxygens (including phenoxy) is 1. The molecule has 1 aromatic rings. The zero-order valence-electron chi connectivity index (χ0n) is 18.0. The van der Waals surface area contributed by atoms with Gasteiger partial charge in [0.2, 0.25) is 0 Å². The zero-order valence-corrected chi connectivity index (χ0v) is 18.0. The molecule has 1 saturated carbocycles. The Kier molecular flexibility index (Phi) is 6.18. The quantitative estimate of drug-likeness (QED) is 0.800. The van der Waals surface area contributed by atoms with E-state index in [-0.39, 0.29) is 5.91 Å². The average Bonchev–Trinajstić information content (AvgIpc) is 3.33. The van der Waals surface area contributed by atoms with Crippen molar-refractivity contribution in [1.82, 2.24) is 20.0 Å². The number of amides is 1. The average molecular weight is 414 g/mol. The van der Waals surface area contributed by atoms with Crippen molar-refractivity contribution in [3.05, 3.63) is 17.8 Å². The second-order valence-corrected chi connectivity index (χ2v) is 9.76. The lowest BCUT2D eigenvalue weighted by Gasteiger charge is -2.27. The van der Waals surface area contributed by atoms with E-state index in [2.05, 4.69) is 20.4 Å². The van der Waals surface area contributed by atoms with E-state index in [1.807, 2.05) is 17.0 Å². The van der Waals surface area contributed by atoms with Gasteiger partial charge >= 0.3 is 0 Å². The predicted molar refractivity (Wildman–Crippen MR) is 115 cm³/mol. The van der Waals surface area contributed by atoms with Crippen LogP contribution in [0.1, 0.15) is 55.4 Å². The van der Waals surface area contributed by atoms with Crippen LogP contribution < -0.4 is 5.32 Å². The van der Waals surface area contributed by atoms with Crippen LogP contribution in [0.4, 0.5) is 5.82 Å². The Morgan fingerprint density at radius 1 is 1.03 bits per heavy atom. The highest BCUT2D eigenvalue weighted by Crippen LogP contribution is 2.39. The van der Waals surface area contributed by atoms with Crippen molar-refractivity contribution in [2.24, 2.45) is 17.8 Å². The summed E-state index contributed by atoms with van der Waals surface area (Å²) in [4.78, 5) is 17.2. The van der Waals surface area contributed by atoms with Gasteiger partial charge in [-0.05, 0) is 74.8 Å². The van der Waals surface area contributed by atoms with E-state index in [1.54, 1.807) is 0 Å². The van der Waals surface area contributed by atoms with Crippen LogP contribution in [0.15, 0.2) is 12.1 Å². The van der Waals surface area contributed by atoms with E-state index < -0.39 is 0 Å². The largest absolute Gasteiger partial charge is 0.381 e. The van der Waals surface area contributed by atoms with Gasteiger partial charge < -0.3 is 19.9 Å². The minimum Gasteiger partial charge on any atom is -0.381 e. The van der Waals surface area contributed by atoms with Gasteiger partial charge in [0.05, 0.1) is 0 Å². The number of carbonyl (C=O) groups excluding carboxylic acids is 1. The molecule has 1 aliphatic carbocycles. The van der Waals surface area contributed by atoms with Crippen molar-refractivity contribution in [2.75, 3.05) is 51.3 Å². The Morgan fingerprint density at radius 2 is 1.77 bits per heavy atom. The fraction of sp³-hybridized carbons (Fsp3) is 0.783. The molecule has 0 aromatic carbocycles. The Morgan fingerprint density at radius 3 is 2.43 bits per heavy atom. The number of anilines is 1. The summed E-state index contributed by atoms with van der Waals surface area (Å²) in [7, 11) is 0. The summed E-state index contributed by atoms with van der Waals surface area (Å²) < 4.78 is 5.50. The molecule has 30 heavy (non-hydrogen) atoms. The molecule has 4 aliphatic rings. The van der Waals surface area contributed by atoms with Crippen LogP contribution in [0.5, 0.6) is 0 Å². The van der Waals surface area contributed by atoms with Crippen molar-refractivity contribution < 1.29 is 9.53 Å². The Balaban J connectivity index is 1.09. The summed E-state index contributed by atoms with van der Waals surface area (Å²) in [5.74, 6) is 3.25. The molecule has 3 atom stereocenters. The van der Waals surface area contributed by atoms with Crippen LogP contribution in [0.3, 0.4) is 0 Å². The van der Waals surface area contributed by atoms with Crippen LogP contribution in [-0.2, 0) is 4.74 Å². The molecule has 0 unspecified atom stereocenters. The second kappa shape index (κ2) is 9.18. The summed E-state index contributed by atoms with van der Waals surface area (Å²) in [5, 5.41) is 12.1. The highest BCUT2D eigenvalue weighted by atomic mass is 16.5. The SMILES string of the molecule is O=C(c1ccc(N[C@H]2C[C@@H]3CN(CC4CCOCC4)C[C@@H]3C2)nn1)N1CCCCC1. The van der Waals surface area contributed by atoms with Crippen molar-refractivity contribution in [3.63, 3.8) is 0 Å². The number of hydrogen-bond donors (Lipinski definition) is 1. The van der Waals surface area contributed by atoms with E-state index >= 15 is 0 Å². The second-order valence-electron chi connectivity index (χ2n) is 9.76. The molecule has 1 N–H and O–H groups in total. The smallest absolute Gasteiger partial charge is 0.274 e. The van der Waals surface area contributed by atoms with Gasteiger partial charge in [0.25, 0.3) is 5.91 Å². The van der Waals surface area contributed by atoms with Crippen LogP contribution in [0.2, 0.25) is 0 Å². The first kappa shape index (κ1) is 20.2. The monoisotopic (exact) mass is 413 g/mol. The van der Waals surface area contributed by atoms with Crippen LogP contribution in [0, 0.1) is 17.8 Å². The van der Waals surface area contributed by atoms with Crippen molar-refractivity contribution in [3.8, 4) is 0 Å². The lowest BCUT2D eigenvalue weighted by Crippen LogP contribution is -2.36. The molecule has 0 bridgehead atoms. The lowest BCUT2D eigenvalue weighted by molar-refractivity contribution is 0.0545. The third-order valence-corrected chi connectivity index (χ3v) is 7.56. The van der Waals surface area contributed by atoms with Gasteiger partial charge in [-0.25, -0.2) is 0 Å². The predicted octanol–water partition coefficient (Wildman–Crippen LogP) is 2.65. The van der Waals surface area contributed by atoms with Crippen LogP contribution in [-0.4, -0.2) is 77.9 Å². The van der Waals surface area contributed by atoms with E-state index in [0.29, 0.717) is 11.7 Å². The minimum absolute atomic E-state index is 0.0220. The molecule has 164 valence electrons. The normalized spacial score (nSPS) is 30.4. The molecule has 1 amide bonds. The van der Waals surface area contributed by atoms with E-state index in [9.17, 15) is 4.79 Å². The van der Waals surface area contributed by atoms with Crippen molar-refractivity contribution >= 4 is 11.7 Å². The van der Waals surface area contributed by atoms with E-state index in [4.69, 9.17) is 4.74 Å². The first-order valence-electron chi connectivity index (χ1n) is 11.9. The molecule has 4 heterocycles. The number of fused-ring (bicyclic) bond motifs is 1. The standard InChI is InChI=1S/C23H35N5O2/c29-23(28-8-2-1-3-9-28)21-4-5-22(26-25-21)24-20-12-18-15-27(16-19(18)13-20)14-17-6-10-30-11-7-17/h4-5,17-20H,1-3,6-16H2,(H,24,26)/t18-,19+,20+. The Bertz CT molecular complexity index is 701. The Hall–Kier alpha value is -1.73. The number of likely N-dealkylation sites (tertiary alicyclic amines) is 2. The van der Waals surface area contributed by atoms with Gasteiger partial charge in [0.1, 0.15) is 5.82 Å². The number of aromatic nitrogens is 2.